The first-order valence-electron chi connectivity index (χ1n) is 11.4. The fraction of sp³-hybridized carbons (Fsp3) is 0.214. The average Bonchev–Trinajstić information content (AvgIpc) is 3.32. The lowest BCUT2D eigenvalue weighted by molar-refractivity contribution is 0.565. The molecule has 0 unspecified atom stereocenters. The minimum absolute atomic E-state index is 0.0513. The van der Waals surface area contributed by atoms with Gasteiger partial charge in [0.05, 0.1) is 17.8 Å². The molecule has 4 nitrogen and oxygen atoms in total. The number of halogens is 1. The number of anilines is 1. The van der Waals surface area contributed by atoms with Gasteiger partial charge in [0.25, 0.3) is 0 Å². The Kier molecular flexibility index (Phi) is 5.92. The largest absolute Gasteiger partial charge is 0.351 e. The molecule has 0 bridgehead atoms. The van der Waals surface area contributed by atoms with Crippen LogP contribution in [0.1, 0.15) is 45.9 Å². The SMILES string of the molecule is Cc1ccc(N2C(=S)N[C@H](c3ccccn3)[C@H]2c2cc(C)n(-c3cc(Cl)ccc3C)c2C)cc1. The second-order valence-electron chi connectivity index (χ2n) is 8.92. The van der Waals surface area contributed by atoms with E-state index in [9.17, 15) is 0 Å². The molecule has 0 amide bonds. The molecule has 172 valence electrons. The van der Waals surface area contributed by atoms with E-state index in [4.69, 9.17) is 23.8 Å². The predicted molar refractivity (Wildman–Crippen MR) is 144 cm³/mol. The van der Waals surface area contributed by atoms with Crippen molar-refractivity contribution in [2.75, 3.05) is 4.90 Å². The van der Waals surface area contributed by atoms with Gasteiger partial charge in [-0.25, -0.2) is 0 Å². The smallest absolute Gasteiger partial charge is 0.174 e. The van der Waals surface area contributed by atoms with Gasteiger partial charge in [-0.3, -0.25) is 4.98 Å². The van der Waals surface area contributed by atoms with Gasteiger partial charge in [0.15, 0.2) is 5.11 Å². The lowest BCUT2D eigenvalue weighted by atomic mass is 9.96. The van der Waals surface area contributed by atoms with E-state index in [1.807, 2.05) is 30.5 Å². The van der Waals surface area contributed by atoms with Gasteiger partial charge in [-0.15, -0.1) is 0 Å². The Morgan fingerprint density at radius 3 is 2.41 bits per heavy atom. The molecular weight excluding hydrogens is 460 g/mol. The normalized spacial score (nSPS) is 17.8. The number of benzene rings is 2. The van der Waals surface area contributed by atoms with Crippen molar-refractivity contribution in [3.63, 3.8) is 0 Å². The molecule has 5 rings (SSSR count). The monoisotopic (exact) mass is 486 g/mol. The van der Waals surface area contributed by atoms with Crippen molar-refractivity contribution in [1.29, 1.82) is 0 Å². The van der Waals surface area contributed by atoms with E-state index in [1.54, 1.807) is 0 Å². The van der Waals surface area contributed by atoms with Crippen molar-refractivity contribution >= 4 is 34.6 Å². The molecule has 6 heteroatoms. The number of thiocarbonyl (C=S) groups is 1. The summed E-state index contributed by atoms with van der Waals surface area (Å²) < 4.78 is 2.29. The molecule has 0 saturated carbocycles. The van der Waals surface area contributed by atoms with Crippen LogP contribution in [0.2, 0.25) is 5.02 Å². The first-order chi connectivity index (χ1) is 16.3. The fourth-order valence-electron chi connectivity index (χ4n) is 4.94. The van der Waals surface area contributed by atoms with Gasteiger partial charge in [-0.2, -0.15) is 0 Å². The number of aromatic nitrogens is 2. The lowest BCUT2D eigenvalue weighted by Gasteiger charge is -2.28. The van der Waals surface area contributed by atoms with Crippen LogP contribution in [0.5, 0.6) is 0 Å². The Hall–Kier alpha value is -3.15. The van der Waals surface area contributed by atoms with Gasteiger partial charge >= 0.3 is 0 Å². The van der Waals surface area contributed by atoms with Gasteiger partial charge in [-0.05, 0) is 93.5 Å². The zero-order valence-electron chi connectivity index (χ0n) is 19.7. The predicted octanol–water partition coefficient (Wildman–Crippen LogP) is 6.94. The molecule has 1 aliphatic rings. The van der Waals surface area contributed by atoms with Crippen LogP contribution in [0.4, 0.5) is 5.69 Å². The minimum Gasteiger partial charge on any atom is -0.351 e. The summed E-state index contributed by atoms with van der Waals surface area (Å²) >= 11 is 12.3. The second kappa shape index (κ2) is 8.90. The molecule has 4 aromatic rings. The molecule has 1 fully saturated rings. The van der Waals surface area contributed by atoms with Gasteiger partial charge in [-0.1, -0.05) is 41.4 Å². The van der Waals surface area contributed by atoms with E-state index in [2.05, 4.69) is 89.9 Å². The van der Waals surface area contributed by atoms with Crippen molar-refractivity contribution in [2.45, 2.75) is 39.8 Å². The summed E-state index contributed by atoms with van der Waals surface area (Å²) in [5, 5.41) is 4.99. The highest BCUT2D eigenvalue weighted by Gasteiger charge is 2.42. The summed E-state index contributed by atoms with van der Waals surface area (Å²) in [5.74, 6) is 0. The summed E-state index contributed by atoms with van der Waals surface area (Å²) in [6.07, 6.45) is 1.84. The molecular formula is C28H27ClN4S. The van der Waals surface area contributed by atoms with Crippen molar-refractivity contribution in [2.24, 2.45) is 0 Å². The standard InChI is InChI=1S/C28H27ClN4S/c1-17-8-12-22(13-9-17)33-27(26(31-28(33)34)24-7-5-6-14-30-24)23-15-19(3)32(20(23)4)25-16-21(29)11-10-18(25)2/h5-16,26-27H,1-4H3,(H,31,34)/t26-,27-/m1/s1. The van der Waals surface area contributed by atoms with Crippen LogP contribution in [-0.2, 0) is 0 Å². The van der Waals surface area contributed by atoms with E-state index in [0.29, 0.717) is 5.11 Å². The van der Waals surface area contributed by atoms with E-state index in [-0.39, 0.29) is 12.1 Å². The molecule has 1 N–H and O–H groups in total. The molecule has 2 atom stereocenters. The van der Waals surface area contributed by atoms with Gasteiger partial charge in [0, 0.05) is 34.0 Å². The van der Waals surface area contributed by atoms with Crippen molar-refractivity contribution in [3.8, 4) is 5.69 Å². The van der Waals surface area contributed by atoms with Gasteiger partial charge in [0.2, 0.25) is 0 Å². The maximum absolute atomic E-state index is 6.39. The molecule has 3 heterocycles. The second-order valence-corrected chi connectivity index (χ2v) is 9.75. The van der Waals surface area contributed by atoms with Crippen LogP contribution in [0, 0.1) is 27.7 Å². The Bertz CT molecular complexity index is 1360. The van der Waals surface area contributed by atoms with Gasteiger partial charge in [0.1, 0.15) is 0 Å². The Morgan fingerprint density at radius 1 is 0.941 bits per heavy atom. The number of hydrogen-bond donors (Lipinski definition) is 1. The topological polar surface area (TPSA) is 33.1 Å². The number of nitrogens with one attached hydrogen (secondary N) is 1. The Labute approximate surface area is 211 Å². The first kappa shape index (κ1) is 22.6. The summed E-state index contributed by atoms with van der Waals surface area (Å²) in [5.41, 5.74) is 9.04. The number of hydrogen-bond acceptors (Lipinski definition) is 2. The van der Waals surface area contributed by atoms with Crippen LogP contribution >= 0.6 is 23.8 Å². The number of rotatable bonds is 4. The van der Waals surface area contributed by atoms with Crippen LogP contribution in [0.15, 0.2) is 72.9 Å². The van der Waals surface area contributed by atoms with Gasteiger partial charge < -0.3 is 14.8 Å². The van der Waals surface area contributed by atoms with Crippen molar-refractivity contribution in [3.05, 3.63) is 112 Å². The lowest BCUT2D eigenvalue weighted by Crippen LogP contribution is -2.29. The molecule has 0 radical (unpaired) electrons. The van der Waals surface area contributed by atoms with E-state index in [1.165, 1.54) is 16.7 Å². The molecule has 0 aliphatic carbocycles. The highest BCUT2D eigenvalue weighted by Crippen LogP contribution is 2.44. The zero-order chi connectivity index (χ0) is 24.0. The summed E-state index contributed by atoms with van der Waals surface area (Å²) in [6.45, 7) is 8.53. The third kappa shape index (κ3) is 3.89. The summed E-state index contributed by atoms with van der Waals surface area (Å²) in [4.78, 5) is 6.91. The quantitative estimate of drug-likeness (QED) is 0.317. The first-order valence-corrected chi connectivity index (χ1v) is 12.2. The molecule has 2 aromatic carbocycles. The average molecular weight is 487 g/mol. The summed E-state index contributed by atoms with van der Waals surface area (Å²) in [7, 11) is 0. The van der Waals surface area contributed by atoms with Crippen molar-refractivity contribution < 1.29 is 0 Å². The summed E-state index contributed by atoms with van der Waals surface area (Å²) in [6, 6.07) is 22.7. The van der Waals surface area contributed by atoms with E-state index >= 15 is 0 Å². The molecule has 1 saturated heterocycles. The zero-order valence-corrected chi connectivity index (χ0v) is 21.3. The molecule has 2 aromatic heterocycles. The van der Waals surface area contributed by atoms with Crippen molar-refractivity contribution in [1.82, 2.24) is 14.9 Å². The third-order valence-electron chi connectivity index (χ3n) is 6.61. The molecule has 1 aliphatic heterocycles. The Morgan fingerprint density at radius 2 is 1.71 bits per heavy atom. The highest BCUT2D eigenvalue weighted by molar-refractivity contribution is 7.80. The third-order valence-corrected chi connectivity index (χ3v) is 7.16. The molecule has 34 heavy (non-hydrogen) atoms. The number of pyridine rings is 1. The van der Waals surface area contributed by atoms with Crippen LogP contribution in [-0.4, -0.2) is 14.7 Å². The van der Waals surface area contributed by atoms with E-state index < -0.39 is 0 Å². The highest BCUT2D eigenvalue weighted by atomic mass is 35.5. The number of aryl methyl sites for hydroxylation is 3. The number of nitrogens with zero attached hydrogens (tertiary/aromatic N) is 3. The van der Waals surface area contributed by atoms with Crippen LogP contribution in [0.25, 0.3) is 5.69 Å². The Balaban J connectivity index is 1.70. The maximum atomic E-state index is 6.39. The minimum atomic E-state index is -0.0792. The molecule has 0 spiro atoms. The van der Waals surface area contributed by atoms with E-state index in [0.717, 1.165) is 33.5 Å². The maximum Gasteiger partial charge on any atom is 0.174 e. The fourth-order valence-corrected chi connectivity index (χ4v) is 5.45. The van der Waals surface area contributed by atoms with Crippen LogP contribution < -0.4 is 10.2 Å². The van der Waals surface area contributed by atoms with Crippen LogP contribution in [0.3, 0.4) is 0 Å².